The highest BCUT2D eigenvalue weighted by atomic mass is 32.2. The molecule has 3 aromatic rings. The van der Waals surface area contributed by atoms with Crippen LogP contribution in [-0.2, 0) is 0 Å². The second kappa shape index (κ2) is 5.89. The molecule has 0 spiro atoms. The van der Waals surface area contributed by atoms with Crippen molar-refractivity contribution in [2.24, 2.45) is 0 Å². The lowest BCUT2D eigenvalue weighted by atomic mass is 10.1. The molecule has 2 aromatic carbocycles. The maximum absolute atomic E-state index is 9.19. The van der Waals surface area contributed by atoms with Gasteiger partial charge < -0.3 is 9.71 Å². The minimum Gasteiger partial charge on any atom is -0.358 e. The summed E-state index contributed by atoms with van der Waals surface area (Å²) in [6.07, 6.45) is 7.10. The van der Waals surface area contributed by atoms with Gasteiger partial charge in [-0.25, -0.2) is 0 Å². The first-order valence-corrected chi connectivity index (χ1v) is 7.55. The summed E-state index contributed by atoms with van der Waals surface area (Å²) in [6.45, 7) is 2.01. The minimum absolute atomic E-state index is 0.666. The molecular weight excluding hydrogens is 290 g/mol. The SMILES string of the molecule is C#Cc1ccc(SNc2ccc(C)c3c(C#N)c[nH]c23)cc1. The summed E-state index contributed by atoms with van der Waals surface area (Å²) in [7, 11) is 0. The van der Waals surface area contributed by atoms with Gasteiger partial charge in [0.1, 0.15) is 6.07 Å². The van der Waals surface area contributed by atoms with E-state index in [0.29, 0.717) is 5.56 Å². The Hall–Kier alpha value is -2.82. The Kier molecular flexibility index (Phi) is 3.78. The van der Waals surface area contributed by atoms with Crippen LogP contribution in [0.3, 0.4) is 0 Å². The molecule has 22 heavy (non-hydrogen) atoms. The Labute approximate surface area is 133 Å². The van der Waals surface area contributed by atoms with Gasteiger partial charge in [-0.2, -0.15) is 5.26 Å². The molecule has 0 radical (unpaired) electrons. The van der Waals surface area contributed by atoms with Gasteiger partial charge in [0.25, 0.3) is 0 Å². The van der Waals surface area contributed by atoms with Gasteiger partial charge in [0.2, 0.25) is 0 Å². The van der Waals surface area contributed by atoms with Crippen molar-refractivity contribution in [3.63, 3.8) is 0 Å². The minimum atomic E-state index is 0.666. The van der Waals surface area contributed by atoms with Crippen molar-refractivity contribution < 1.29 is 0 Å². The summed E-state index contributed by atoms with van der Waals surface area (Å²) in [6, 6.07) is 14.0. The van der Waals surface area contributed by atoms with Crippen molar-refractivity contribution in [1.29, 1.82) is 5.26 Å². The molecule has 0 unspecified atom stereocenters. The molecule has 0 aliphatic carbocycles. The van der Waals surface area contributed by atoms with Gasteiger partial charge >= 0.3 is 0 Å². The summed E-state index contributed by atoms with van der Waals surface area (Å²) in [5.74, 6) is 2.60. The molecule has 3 nitrogen and oxygen atoms in total. The fourth-order valence-corrected chi connectivity index (χ4v) is 3.00. The molecule has 0 saturated carbocycles. The largest absolute Gasteiger partial charge is 0.358 e. The average molecular weight is 303 g/mol. The lowest BCUT2D eigenvalue weighted by molar-refractivity contribution is 1.44. The number of H-pyrrole nitrogens is 1. The van der Waals surface area contributed by atoms with Crippen LogP contribution in [0.25, 0.3) is 10.9 Å². The number of aromatic nitrogens is 1. The standard InChI is InChI=1S/C18H13N3S/c1-3-13-5-7-15(8-6-13)22-21-16-9-4-12(2)17-14(10-19)11-20-18(16)17/h1,4-9,11,20-21H,2H3. The number of terminal acetylenes is 1. The molecule has 0 atom stereocenters. The molecule has 1 heterocycles. The molecular formula is C18H13N3S. The fraction of sp³-hybridized carbons (Fsp3) is 0.0556. The highest BCUT2D eigenvalue weighted by molar-refractivity contribution is 8.00. The first kappa shape index (κ1) is 14.1. The van der Waals surface area contributed by atoms with Crippen LogP contribution in [0, 0.1) is 30.6 Å². The smallest absolute Gasteiger partial charge is 0.101 e. The monoisotopic (exact) mass is 303 g/mol. The Bertz CT molecular complexity index is 908. The second-order valence-corrected chi connectivity index (χ2v) is 5.75. The number of rotatable bonds is 3. The zero-order valence-electron chi connectivity index (χ0n) is 12.0. The lowest BCUT2D eigenvalue weighted by Crippen LogP contribution is -1.90. The molecule has 1 aromatic heterocycles. The van der Waals surface area contributed by atoms with Crippen LogP contribution in [0.4, 0.5) is 5.69 Å². The number of anilines is 1. The van der Waals surface area contributed by atoms with Crippen LogP contribution >= 0.6 is 11.9 Å². The number of aromatic amines is 1. The zero-order chi connectivity index (χ0) is 15.5. The van der Waals surface area contributed by atoms with Crippen LogP contribution in [-0.4, -0.2) is 4.98 Å². The highest BCUT2D eigenvalue weighted by Crippen LogP contribution is 2.31. The van der Waals surface area contributed by atoms with E-state index in [1.54, 1.807) is 6.20 Å². The Balaban J connectivity index is 1.88. The number of aryl methyl sites for hydroxylation is 1. The van der Waals surface area contributed by atoms with Crippen LogP contribution in [0.15, 0.2) is 47.5 Å². The topological polar surface area (TPSA) is 51.6 Å². The van der Waals surface area contributed by atoms with Crippen molar-refractivity contribution in [3.8, 4) is 18.4 Å². The molecule has 3 rings (SSSR count). The third-order valence-corrected chi connectivity index (χ3v) is 4.29. The predicted octanol–water partition coefficient (Wildman–Crippen LogP) is 4.45. The molecule has 0 amide bonds. The number of nitrogens with one attached hydrogen (secondary N) is 2. The van der Waals surface area contributed by atoms with Gasteiger partial charge in [-0.3, -0.25) is 0 Å². The quantitative estimate of drug-likeness (QED) is 0.555. The first-order valence-electron chi connectivity index (χ1n) is 6.73. The van der Waals surface area contributed by atoms with Gasteiger partial charge in [0.15, 0.2) is 0 Å². The highest BCUT2D eigenvalue weighted by Gasteiger charge is 2.10. The number of nitriles is 1. The third kappa shape index (κ3) is 2.53. The van der Waals surface area contributed by atoms with Gasteiger partial charge in [0.05, 0.1) is 16.8 Å². The molecule has 0 aliphatic heterocycles. The second-order valence-electron chi connectivity index (χ2n) is 4.87. The lowest BCUT2D eigenvalue weighted by Gasteiger charge is -2.08. The van der Waals surface area contributed by atoms with Crippen LogP contribution in [0.2, 0.25) is 0 Å². The number of fused-ring (bicyclic) bond motifs is 1. The third-order valence-electron chi connectivity index (χ3n) is 3.46. The van der Waals surface area contributed by atoms with Gasteiger partial charge in [-0.15, -0.1) is 6.42 Å². The van der Waals surface area contributed by atoms with E-state index in [-0.39, 0.29) is 0 Å². The molecule has 0 bridgehead atoms. The van der Waals surface area contributed by atoms with E-state index >= 15 is 0 Å². The molecule has 0 aliphatic rings. The number of hydrogen-bond donors (Lipinski definition) is 2. The van der Waals surface area contributed by atoms with Gasteiger partial charge in [-0.05, 0) is 54.8 Å². The van der Waals surface area contributed by atoms with Crippen molar-refractivity contribution in [2.45, 2.75) is 11.8 Å². The van der Waals surface area contributed by atoms with Crippen LogP contribution in [0.1, 0.15) is 16.7 Å². The van der Waals surface area contributed by atoms with Crippen molar-refractivity contribution in [1.82, 2.24) is 4.98 Å². The van der Waals surface area contributed by atoms with Crippen molar-refractivity contribution in [2.75, 3.05) is 4.72 Å². The zero-order valence-corrected chi connectivity index (χ0v) is 12.8. The van der Waals surface area contributed by atoms with E-state index < -0.39 is 0 Å². The average Bonchev–Trinajstić information content (AvgIpc) is 3.00. The van der Waals surface area contributed by atoms with E-state index in [1.807, 2.05) is 43.3 Å². The van der Waals surface area contributed by atoms with E-state index in [4.69, 9.17) is 6.42 Å². The van der Waals surface area contributed by atoms with E-state index in [9.17, 15) is 5.26 Å². The number of nitrogens with zero attached hydrogens (tertiary/aromatic N) is 1. The fourth-order valence-electron chi connectivity index (χ4n) is 2.33. The molecule has 4 heteroatoms. The number of hydrogen-bond acceptors (Lipinski definition) is 3. The van der Waals surface area contributed by atoms with Gasteiger partial charge in [-0.1, -0.05) is 12.0 Å². The summed E-state index contributed by atoms with van der Waals surface area (Å²) < 4.78 is 3.33. The molecule has 106 valence electrons. The maximum atomic E-state index is 9.19. The summed E-state index contributed by atoms with van der Waals surface area (Å²) in [5, 5.41) is 10.2. The van der Waals surface area contributed by atoms with E-state index in [1.165, 1.54) is 11.9 Å². The molecule has 0 fully saturated rings. The summed E-state index contributed by atoms with van der Waals surface area (Å²) in [5.41, 5.74) is 4.52. The van der Waals surface area contributed by atoms with E-state index in [0.717, 1.165) is 32.6 Å². The molecule has 2 N–H and O–H groups in total. The normalized spacial score (nSPS) is 10.1. The van der Waals surface area contributed by atoms with Crippen LogP contribution in [0.5, 0.6) is 0 Å². The Morgan fingerprint density at radius 3 is 2.64 bits per heavy atom. The van der Waals surface area contributed by atoms with Crippen LogP contribution < -0.4 is 4.72 Å². The van der Waals surface area contributed by atoms with E-state index in [2.05, 4.69) is 21.7 Å². The number of benzene rings is 2. The molecule has 0 saturated heterocycles. The summed E-state index contributed by atoms with van der Waals surface area (Å²) in [4.78, 5) is 4.25. The van der Waals surface area contributed by atoms with Crippen molar-refractivity contribution in [3.05, 3.63) is 59.3 Å². The van der Waals surface area contributed by atoms with Crippen molar-refractivity contribution >= 4 is 28.5 Å². The Morgan fingerprint density at radius 1 is 1.18 bits per heavy atom. The predicted molar refractivity (Wildman–Crippen MR) is 91.6 cm³/mol. The van der Waals surface area contributed by atoms with Gasteiger partial charge in [0, 0.05) is 22.0 Å². The first-order chi connectivity index (χ1) is 10.7. The maximum Gasteiger partial charge on any atom is 0.101 e. The summed E-state index contributed by atoms with van der Waals surface area (Å²) >= 11 is 1.51. The Morgan fingerprint density at radius 2 is 1.95 bits per heavy atom.